The molecule has 0 radical (unpaired) electrons. The molecular formula is C29H32F3N5O5S. The number of aromatic nitrogens is 1. The van der Waals surface area contributed by atoms with Gasteiger partial charge in [0.25, 0.3) is 0 Å². The quantitative estimate of drug-likeness (QED) is 0.459. The Morgan fingerprint density at radius 1 is 1.16 bits per heavy atom. The summed E-state index contributed by atoms with van der Waals surface area (Å²) in [6.45, 7) is 4.36. The zero-order valence-electron chi connectivity index (χ0n) is 23.6. The van der Waals surface area contributed by atoms with Crippen LogP contribution in [-0.4, -0.2) is 88.1 Å². The number of hydrogen-bond donors (Lipinski definition) is 2. The first-order chi connectivity index (χ1) is 20.3. The Hall–Kier alpha value is -3.55. The molecule has 1 aromatic heterocycles. The number of rotatable bonds is 7. The number of fused-ring (bicyclic) bond motifs is 2. The molecule has 4 fully saturated rings. The van der Waals surface area contributed by atoms with Crippen molar-refractivity contribution in [3.8, 4) is 0 Å². The number of nitrogens with one attached hydrogen (secondary N) is 2. The van der Waals surface area contributed by atoms with E-state index < -0.39 is 53.7 Å². The van der Waals surface area contributed by atoms with Crippen molar-refractivity contribution in [1.82, 2.24) is 25.4 Å². The van der Waals surface area contributed by atoms with Crippen LogP contribution in [0.1, 0.15) is 49.3 Å². The van der Waals surface area contributed by atoms with Crippen molar-refractivity contribution in [1.29, 1.82) is 0 Å². The van der Waals surface area contributed by atoms with Gasteiger partial charge in [-0.3, -0.25) is 24.0 Å². The van der Waals surface area contributed by atoms with E-state index in [1.807, 2.05) is 26.0 Å². The van der Waals surface area contributed by atoms with Gasteiger partial charge in [0.2, 0.25) is 23.5 Å². The molecule has 4 amide bonds. The fourth-order valence-electron chi connectivity index (χ4n) is 7.20. The number of hydrogen-bond acceptors (Lipinski definition) is 7. The Labute approximate surface area is 249 Å². The fraction of sp³-hybridized carbons (Fsp3) is 0.586. The number of alkyl halides is 3. The second kappa shape index (κ2) is 10.6. The Bertz CT molecular complexity index is 1480. The molecule has 10 nitrogen and oxygen atoms in total. The number of ketones is 1. The molecule has 14 heteroatoms. The number of likely N-dealkylation sites (tertiary alicyclic amines) is 2. The highest BCUT2D eigenvalue weighted by molar-refractivity contribution is 7.20. The van der Waals surface area contributed by atoms with Crippen LogP contribution in [0.2, 0.25) is 0 Å². The average molecular weight is 620 g/mol. The van der Waals surface area contributed by atoms with Crippen LogP contribution >= 0.6 is 11.3 Å². The molecule has 6 rings (SSSR count). The largest absolute Gasteiger partial charge is 0.471 e. The predicted molar refractivity (Wildman–Crippen MR) is 149 cm³/mol. The van der Waals surface area contributed by atoms with E-state index in [1.165, 1.54) is 16.2 Å². The Morgan fingerprint density at radius 3 is 2.58 bits per heavy atom. The number of carbonyl (C=O) groups excluding carboxylic acids is 5. The van der Waals surface area contributed by atoms with Gasteiger partial charge in [-0.15, -0.1) is 11.3 Å². The zero-order valence-corrected chi connectivity index (χ0v) is 24.5. The van der Waals surface area contributed by atoms with E-state index in [0.717, 1.165) is 4.70 Å². The third kappa shape index (κ3) is 5.17. The zero-order chi connectivity index (χ0) is 30.8. The van der Waals surface area contributed by atoms with E-state index in [0.29, 0.717) is 23.4 Å². The monoisotopic (exact) mass is 619 g/mol. The molecule has 1 unspecified atom stereocenters. The SMILES string of the molecule is CC1(C)[C@@H]2C(C(=O)N[C@@H](C[C@@H]3CCNC3=O)C(=O)c3nc4ccccc4s3)N(C(=O)[C@@H]3CCCN3C(=O)C(F)(F)F)C[C@@H]21. The number of piperidine rings is 1. The second-order valence-corrected chi connectivity index (χ2v) is 13.5. The number of thiazole rings is 1. The summed E-state index contributed by atoms with van der Waals surface area (Å²) >= 11 is 1.18. The number of amides is 4. The highest BCUT2D eigenvalue weighted by Gasteiger charge is 2.70. The summed E-state index contributed by atoms with van der Waals surface area (Å²) in [4.78, 5) is 72.3. The van der Waals surface area contributed by atoms with Gasteiger partial charge in [-0.2, -0.15) is 13.2 Å². The summed E-state index contributed by atoms with van der Waals surface area (Å²) in [5.41, 5.74) is 0.331. The normalized spacial score (nSPS) is 28.5. The topological polar surface area (TPSA) is 129 Å². The maximum absolute atomic E-state index is 14.0. The first-order valence-electron chi connectivity index (χ1n) is 14.4. The molecule has 2 N–H and O–H groups in total. The Balaban J connectivity index is 1.26. The van der Waals surface area contributed by atoms with Crippen LogP contribution in [0.3, 0.4) is 0 Å². The van der Waals surface area contributed by atoms with Crippen molar-refractivity contribution >= 4 is 51.0 Å². The summed E-state index contributed by atoms with van der Waals surface area (Å²) in [5.74, 6) is -4.85. The van der Waals surface area contributed by atoms with E-state index >= 15 is 0 Å². The van der Waals surface area contributed by atoms with Crippen LogP contribution in [-0.2, 0) is 19.2 Å². The minimum absolute atomic E-state index is 0.0426. The van der Waals surface area contributed by atoms with Crippen LogP contribution in [0, 0.1) is 23.2 Å². The summed E-state index contributed by atoms with van der Waals surface area (Å²) in [5, 5.41) is 5.75. The van der Waals surface area contributed by atoms with E-state index in [-0.39, 0.29) is 60.5 Å². The summed E-state index contributed by atoms with van der Waals surface area (Å²) < 4.78 is 40.6. The van der Waals surface area contributed by atoms with Gasteiger partial charge in [-0.25, -0.2) is 4.98 Å². The summed E-state index contributed by atoms with van der Waals surface area (Å²) in [7, 11) is 0. The number of halogens is 3. The standard InChI is InChI=1S/C29H32F3N5O5S/c1-28(2)15-13-37(26(41)18-7-5-11-36(18)27(42)29(30,31)32)21(20(15)28)24(40)34-17(12-14-9-10-33-23(14)39)22(38)25-35-16-6-3-4-8-19(16)43-25/h3-4,6,8,14-15,17-18,20-21H,5,7,9-13H2,1-2H3,(H,33,39)(H,34,40)/t14-,15-,17-,18-,20-,21?/m0/s1. The molecule has 0 bridgehead atoms. The van der Waals surface area contributed by atoms with Gasteiger partial charge in [0.05, 0.1) is 16.3 Å². The van der Waals surface area contributed by atoms with Gasteiger partial charge < -0.3 is 20.4 Å². The lowest BCUT2D eigenvalue weighted by atomic mass is 9.94. The lowest BCUT2D eigenvalue weighted by Gasteiger charge is -2.35. The van der Waals surface area contributed by atoms with E-state index in [4.69, 9.17) is 0 Å². The molecule has 1 aliphatic carbocycles. The van der Waals surface area contributed by atoms with Gasteiger partial charge in [0.15, 0.2) is 5.01 Å². The molecule has 3 aliphatic heterocycles. The van der Waals surface area contributed by atoms with Crippen LogP contribution in [0.25, 0.3) is 10.2 Å². The molecule has 1 aromatic carbocycles. The highest BCUT2D eigenvalue weighted by Crippen LogP contribution is 2.65. The lowest BCUT2D eigenvalue weighted by molar-refractivity contribution is -0.187. The van der Waals surface area contributed by atoms with Crippen LogP contribution in [0.5, 0.6) is 0 Å². The van der Waals surface area contributed by atoms with Crippen LogP contribution in [0.4, 0.5) is 13.2 Å². The van der Waals surface area contributed by atoms with Crippen LogP contribution in [0.15, 0.2) is 24.3 Å². The van der Waals surface area contributed by atoms with Crippen molar-refractivity contribution in [3.63, 3.8) is 0 Å². The first-order valence-corrected chi connectivity index (χ1v) is 15.3. The maximum atomic E-state index is 14.0. The van der Waals surface area contributed by atoms with Crippen LogP contribution < -0.4 is 10.6 Å². The first kappa shape index (κ1) is 29.5. The lowest BCUT2D eigenvalue weighted by Crippen LogP contribution is -2.58. The summed E-state index contributed by atoms with van der Waals surface area (Å²) in [6, 6.07) is 3.78. The van der Waals surface area contributed by atoms with Gasteiger partial charge in [0, 0.05) is 25.6 Å². The van der Waals surface area contributed by atoms with Gasteiger partial charge >= 0.3 is 12.1 Å². The van der Waals surface area contributed by atoms with E-state index in [2.05, 4.69) is 15.6 Å². The minimum Gasteiger partial charge on any atom is -0.356 e. The van der Waals surface area contributed by atoms with Crippen molar-refractivity contribution in [2.45, 2.75) is 63.8 Å². The summed E-state index contributed by atoms with van der Waals surface area (Å²) in [6.07, 6.45) is -4.27. The minimum atomic E-state index is -5.12. The molecular weight excluding hydrogens is 587 g/mol. The third-order valence-electron chi connectivity index (χ3n) is 9.62. The molecule has 4 heterocycles. The van der Waals surface area contributed by atoms with Gasteiger partial charge in [-0.1, -0.05) is 26.0 Å². The number of nitrogens with zero attached hydrogens (tertiary/aromatic N) is 3. The Morgan fingerprint density at radius 2 is 1.91 bits per heavy atom. The molecule has 6 atom stereocenters. The van der Waals surface area contributed by atoms with Crippen molar-refractivity contribution in [2.75, 3.05) is 19.6 Å². The fourth-order valence-corrected chi connectivity index (χ4v) is 8.16. The number of carbonyl (C=O) groups is 5. The molecule has 43 heavy (non-hydrogen) atoms. The van der Waals surface area contributed by atoms with Crippen molar-refractivity contribution in [2.24, 2.45) is 23.2 Å². The molecule has 1 saturated carbocycles. The smallest absolute Gasteiger partial charge is 0.356 e. The van der Waals surface area contributed by atoms with Crippen molar-refractivity contribution in [3.05, 3.63) is 29.3 Å². The number of para-hydroxylation sites is 1. The molecule has 230 valence electrons. The number of Topliss-reactive ketones (excluding diaryl/α,β-unsaturated/α-hetero) is 1. The van der Waals surface area contributed by atoms with E-state index in [9.17, 15) is 37.1 Å². The Kier molecular flexibility index (Phi) is 7.25. The molecule has 4 aliphatic rings. The highest BCUT2D eigenvalue weighted by atomic mass is 32.1. The maximum Gasteiger partial charge on any atom is 0.471 e. The third-order valence-corrected chi connectivity index (χ3v) is 10.7. The average Bonchev–Trinajstić information content (AvgIpc) is 3.61. The molecule has 2 aromatic rings. The molecule has 3 saturated heterocycles. The molecule has 0 spiro atoms. The number of benzene rings is 1. The van der Waals surface area contributed by atoms with Crippen molar-refractivity contribution < 1.29 is 37.1 Å². The van der Waals surface area contributed by atoms with Gasteiger partial charge in [0.1, 0.15) is 12.1 Å². The predicted octanol–water partition coefficient (Wildman–Crippen LogP) is 2.53. The van der Waals surface area contributed by atoms with E-state index in [1.54, 1.807) is 12.1 Å². The second-order valence-electron chi connectivity index (χ2n) is 12.5. The van der Waals surface area contributed by atoms with Gasteiger partial charge in [-0.05, 0) is 55.1 Å².